The van der Waals surface area contributed by atoms with Crippen molar-refractivity contribution in [2.24, 2.45) is 10.9 Å². The number of hydrogen-bond donors (Lipinski definition) is 2. The highest BCUT2D eigenvalue weighted by Gasteiger charge is 2.16. The molecule has 0 unspecified atom stereocenters. The second-order valence-corrected chi connectivity index (χ2v) is 2.82. The lowest BCUT2D eigenvalue weighted by Gasteiger charge is -1.94. The maximum absolute atomic E-state index is 10.9. The van der Waals surface area contributed by atoms with Crippen molar-refractivity contribution in [2.75, 3.05) is 5.73 Å². The van der Waals surface area contributed by atoms with Crippen LogP contribution in [-0.4, -0.2) is 21.0 Å². The van der Waals surface area contributed by atoms with Gasteiger partial charge in [-0.05, 0) is 0 Å². The van der Waals surface area contributed by atoms with Crippen LogP contribution in [0.2, 0.25) is 0 Å². The molecule has 0 aliphatic rings. The summed E-state index contributed by atoms with van der Waals surface area (Å²) in [5.41, 5.74) is 10.1. The molecule has 0 aliphatic carbocycles. The molecule has 14 heavy (non-hydrogen) atoms. The zero-order chi connectivity index (χ0) is 10.6. The standard InChI is InChI=1S/C6H7N5O2S/c1-2-13-10-3(4(7)12)5-9-6(8)14-11-5/h2H,1H2,(H2,7,12)(H2,8,9,11)/b10-3+. The van der Waals surface area contributed by atoms with Crippen LogP contribution in [0.3, 0.4) is 0 Å². The molecular formula is C6H7N5O2S. The van der Waals surface area contributed by atoms with Gasteiger partial charge in [-0.15, -0.1) is 0 Å². The third-order valence-corrected chi connectivity index (χ3v) is 1.65. The van der Waals surface area contributed by atoms with E-state index in [9.17, 15) is 4.79 Å². The molecule has 0 atom stereocenters. The van der Waals surface area contributed by atoms with E-state index >= 15 is 0 Å². The SMILES string of the molecule is C=CO/N=C(\C(N)=O)c1nsc(N)n1. The van der Waals surface area contributed by atoms with Crippen LogP contribution in [0, 0.1) is 0 Å². The van der Waals surface area contributed by atoms with Crippen molar-refractivity contribution in [1.29, 1.82) is 0 Å². The fourth-order valence-electron chi connectivity index (χ4n) is 0.617. The summed E-state index contributed by atoms with van der Waals surface area (Å²) in [6, 6.07) is 0. The molecule has 8 heteroatoms. The Morgan fingerprint density at radius 3 is 2.86 bits per heavy atom. The Kier molecular flexibility index (Phi) is 3.13. The van der Waals surface area contributed by atoms with Crippen LogP contribution in [-0.2, 0) is 9.63 Å². The van der Waals surface area contributed by atoms with Gasteiger partial charge in [-0.25, -0.2) is 0 Å². The third-order valence-electron chi connectivity index (χ3n) is 1.11. The molecule has 7 nitrogen and oxygen atoms in total. The van der Waals surface area contributed by atoms with Gasteiger partial charge in [-0.2, -0.15) is 9.36 Å². The highest BCUT2D eigenvalue weighted by Crippen LogP contribution is 2.06. The van der Waals surface area contributed by atoms with Gasteiger partial charge in [-0.3, -0.25) is 4.79 Å². The van der Waals surface area contributed by atoms with E-state index in [-0.39, 0.29) is 16.7 Å². The molecule has 1 aromatic heterocycles. The topological polar surface area (TPSA) is 116 Å². The van der Waals surface area contributed by atoms with Crippen molar-refractivity contribution in [3.63, 3.8) is 0 Å². The summed E-state index contributed by atoms with van der Waals surface area (Å²) in [6.45, 7) is 3.25. The van der Waals surface area contributed by atoms with Crippen molar-refractivity contribution >= 4 is 28.3 Å². The van der Waals surface area contributed by atoms with Crippen LogP contribution in [0.4, 0.5) is 5.13 Å². The number of nitrogens with zero attached hydrogens (tertiary/aromatic N) is 3. The summed E-state index contributed by atoms with van der Waals surface area (Å²) in [7, 11) is 0. The second-order valence-electron chi connectivity index (χ2n) is 2.03. The zero-order valence-corrected chi connectivity index (χ0v) is 7.82. The van der Waals surface area contributed by atoms with Crippen LogP contribution in [0.25, 0.3) is 0 Å². The van der Waals surface area contributed by atoms with E-state index < -0.39 is 5.91 Å². The summed E-state index contributed by atoms with van der Waals surface area (Å²) in [6.07, 6.45) is 1.04. The number of oxime groups is 1. The first-order chi connectivity index (χ1) is 6.65. The van der Waals surface area contributed by atoms with Crippen molar-refractivity contribution in [3.8, 4) is 0 Å². The Hall–Kier alpha value is -1.96. The Morgan fingerprint density at radius 1 is 1.71 bits per heavy atom. The number of carbonyl (C=O) groups is 1. The molecule has 1 aromatic rings. The summed E-state index contributed by atoms with van der Waals surface area (Å²) in [5, 5.41) is 3.59. The Balaban J connectivity index is 3.00. The van der Waals surface area contributed by atoms with Gasteiger partial charge in [0.2, 0.25) is 11.5 Å². The maximum Gasteiger partial charge on any atom is 0.274 e. The van der Waals surface area contributed by atoms with E-state index in [0.29, 0.717) is 0 Å². The predicted molar refractivity (Wildman–Crippen MR) is 51.3 cm³/mol. The summed E-state index contributed by atoms with van der Waals surface area (Å²) < 4.78 is 3.75. The van der Waals surface area contributed by atoms with Crippen molar-refractivity contribution < 1.29 is 9.63 Å². The minimum atomic E-state index is -0.801. The molecule has 0 aliphatic heterocycles. The average molecular weight is 213 g/mol. The maximum atomic E-state index is 10.9. The number of amides is 1. The lowest BCUT2D eigenvalue weighted by molar-refractivity contribution is -0.112. The van der Waals surface area contributed by atoms with Crippen LogP contribution in [0.5, 0.6) is 0 Å². The van der Waals surface area contributed by atoms with Gasteiger partial charge >= 0.3 is 0 Å². The van der Waals surface area contributed by atoms with Gasteiger partial charge < -0.3 is 16.3 Å². The Morgan fingerprint density at radius 2 is 2.43 bits per heavy atom. The summed E-state index contributed by atoms with van der Waals surface area (Å²) >= 11 is 0.930. The number of rotatable bonds is 4. The van der Waals surface area contributed by atoms with E-state index in [1.807, 2.05) is 0 Å². The van der Waals surface area contributed by atoms with Crippen LogP contribution in [0.15, 0.2) is 18.0 Å². The molecule has 0 saturated heterocycles. The molecule has 0 radical (unpaired) electrons. The van der Waals surface area contributed by atoms with Gasteiger partial charge in [0, 0.05) is 11.5 Å². The van der Waals surface area contributed by atoms with Gasteiger partial charge in [0.15, 0.2) is 5.13 Å². The minimum Gasteiger partial charge on any atom is -0.374 e. The van der Waals surface area contributed by atoms with Gasteiger partial charge in [0.25, 0.3) is 5.91 Å². The monoisotopic (exact) mass is 213 g/mol. The molecule has 0 saturated carbocycles. The number of primary amides is 1. The van der Waals surface area contributed by atoms with E-state index in [4.69, 9.17) is 11.5 Å². The average Bonchev–Trinajstić information content (AvgIpc) is 2.52. The highest BCUT2D eigenvalue weighted by atomic mass is 32.1. The van der Waals surface area contributed by atoms with E-state index in [0.717, 1.165) is 17.8 Å². The summed E-state index contributed by atoms with van der Waals surface area (Å²) in [5.74, 6) is -0.758. The molecule has 0 fully saturated rings. The quantitative estimate of drug-likeness (QED) is 0.396. The molecule has 74 valence electrons. The number of carbonyl (C=O) groups excluding carboxylic acids is 1. The number of hydrogen-bond acceptors (Lipinski definition) is 7. The van der Waals surface area contributed by atoms with Gasteiger partial charge in [0.05, 0.1) is 0 Å². The Bertz CT molecular complexity index is 385. The van der Waals surface area contributed by atoms with Gasteiger partial charge in [0.1, 0.15) is 6.26 Å². The van der Waals surface area contributed by atoms with Crippen molar-refractivity contribution in [3.05, 3.63) is 18.7 Å². The first kappa shape index (κ1) is 10.1. The normalized spacial score (nSPS) is 11.0. The number of aromatic nitrogens is 2. The van der Waals surface area contributed by atoms with Crippen molar-refractivity contribution in [2.45, 2.75) is 0 Å². The molecule has 4 N–H and O–H groups in total. The highest BCUT2D eigenvalue weighted by molar-refractivity contribution is 7.09. The van der Waals surface area contributed by atoms with Crippen LogP contribution in [0.1, 0.15) is 5.82 Å². The number of nitrogens with two attached hydrogens (primary N) is 2. The zero-order valence-electron chi connectivity index (χ0n) is 7.01. The Labute approximate surface area is 83.2 Å². The largest absolute Gasteiger partial charge is 0.374 e. The van der Waals surface area contributed by atoms with Crippen LogP contribution >= 0.6 is 11.5 Å². The molecule has 0 spiro atoms. The van der Waals surface area contributed by atoms with Crippen molar-refractivity contribution in [1.82, 2.24) is 9.36 Å². The molecule has 1 heterocycles. The van der Waals surface area contributed by atoms with E-state index in [1.54, 1.807) is 0 Å². The number of anilines is 1. The van der Waals surface area contributed by atoms with Gasteiger partial charge in [-0.1, -0.05) is 11.7 Å². The van der Waals surface area contributed by atoms with Crippen LogP contribution < -0.4 is 11.5 Å². The minimum absolute atomic E-state index is 0.0434. The molecule has 1 amide bonds. The first-order valence-corrected chi connectivity index (χ1v) is 4.16. The summed E-state index contributed by atoms with van der Waals surface area (Å²) in [4.78, 5) is 19.1. The third kappa shape index (κ3) is 2.26. The van der Waals surface area contributed by atoms with E-state index in [2.05, 4.69) is 25.9 Å². The van der Waals surface area contributed by atoms with E-state index in [1.165, 1.54) is 0 Å². The molecule has 1 rings (SSSR count). The predicted octanol–water partition coefficient (Wildman–Crippen LogP) is -0.530. The first-order valence-electron chi connectivity index (χ1n) is 3.39. The fourth-order valence-corrected chi connectivity index (χ4v) is 1.05. The lowest BCUT2D eigenvalue weighted by Crippen LogP contribution is -2.25. The molecule has 0 aromatic carbocycles. The molecular weight excluding hydrogens is 206 g/mol. The molecule has 0 bridgehead atoms. The fraction of sp³-hybridized carbons (Fsp3) is 0. The number of nitrogen functional groups attached to an aromatic ring is 1. The smallest absolute Gasteiger partial charge is 0.274 e. The lowest BCUT2D eigenvalue weighted by atomic mass is 10.3. The second kappa shape index (κ2) is 4.33.